The highest BCUT2D eigenvalue weighted by atomic mass is 16.5. The lowest BCUT2D eigenvalue weighted by Gasteiger charge is -2.20. The maximum atomic E-state index is 5.50. The third-order valence-electron chi connectivity index (χ3n) is 2.15. The smallest absolute Gasteiger partial charge is 0.0487 e. The molecule has 0 saturated carbocycles. The van der Waals surface area contributed by atoms with Crippen molar-refractivity contribution in [1.82, 2.24) is 5.32 Å². The Bertz CT molecular complexity index is 143. The highest BCUT2D eigenvalue weighted by Crippen LogP contribution is 1.99. The Kier molecular flexibility index (Phi) is 9.99. The van der Waals surface area contributed by atoms with Crippen LogP contribution >= 0.6 is 0 Å². The summed E-state index contributed by atoms with van der Waals surface area (Å²) in [4.78, 5) is 0. The summed E-state index contributed by atoms with van der Waals surface area (Å²) in [5, 5.41) is 3.47. The van der Waals surface area contributed by atoms with E-state index in [0.29, 0.717) is 0 Å². The molecule has 98 valence electrons. The second-order valence-corrected chi connectivity index (χ2v) is 5.05. The van der Waals surface area contributed by atoms with Crippen LogP contribution in [-0.4, -0.2) is 38.5 Å². The van der Waals surface area contributed by atoms with Gasteiger partial charge in [0, 0.05) is 32.0 Å². The van der Waals surface area contributed by atoms with Crippen molar-refractivity contribution in [2.24, 2.45) is 0 Å². The molecule has 0 atom stereocenters. The van der Waals surface area contributed by atoms with Gasteiger partial charge in [0.05, 0.1) is 0 Å². The van der Waals surface area contributed by atoms with Crippen molar-refractivity contribution in [2.45, 2.75) is 52.5 Å². The van der Waals surface area contributed by atoms with Crippen molar-refractivity contribution in [3.8, 4) is 0 Å². The van der Waals surface area contributed by atoms with Crippen LogP contribution in [0.25, 0.3) is 0 Å². The standard InChI is InChI=1S/C13H29NO2/c1-5-15-11-8-12-16-10-7-6-9-14-13(2,3)4/h14H,5-12H2,1-4H3. The number of ether oxygens (including phenoxy) is 2. The lowest BCUT2D eigenvalue weighted by atomic mass is 10.1. The Morgan fingerprint density at radius 3 is 2.12 bits per heavy atom. The molecule has 0 heterocycles. The summed E-state index contributed by atoms with van der Waals surface area (Å²) < 4.78 is 10.7. The highest BCUT2D eigenvalue weighted by Gasteiger charge is 2.06. The summed E-state index contributed by atoms with van der Waals surface area (Å²) >= 11 is 0. The van der Waals surface area contributed by atoms with E-state index in [1.807, 2.05) is 6.92 Å². The second-order valence-electron chi connectivity index (χ2n) is 5.05. The van der Waals surface area contributed by atoms with Crippen molar-refractivity contribution >= 4 is 0 Å². The summed E-state index contributed by atoms with van der Waals surface area (Å²) in [5.41, 5.74) is 0.234. The van der Waals surface area contributed by atoms with Gasteiger partial charge in [0.15, 0.2) is 0 Å². The first-order valence-electron chi connectivity index (χ1n) is 6.47. The van der Waals surface area contributed by atoms with E-state index in [1.54, 1.807) is 0 Å². The van der Waals surface area contributed by atoms with Crippen molar-refractivity contribution in [1.29, 1.82) is 0 Å². The van der Waals surface area contributed by atoms with Gasteiger partial charge in [-0.3, -0.25) is 0 Å². The molecule has 0 aliphatic heterocycles. The molecular formula is C13H29NO2. The third kappa shape index (κ3) is 13.9. The zero-order valence-corrected chi connectivity index (χ0v) is 11.5. The minimum absolute atomic E-state index is 0.234. The zero-order valence-electron chi connectivity index (χ0n) is 11.5. The fourth-order valence-electron chi connectivity index (χ4n) is 1.30. The number of nitrogens with one attached hydrogen (secondary N) is 1. The van der Waals surface area contributed by atoms with Gasteiger partial charge in [-0.25, -0.2) is 0 Å². The Hall–Kier alpha value is -0.120. The van der Waals surface area contributed by atoms with Crippen LogP contribution in [0.15, 0.2) is 0 Å². The largest absolute Gasteiger partial charge is 0.382 e. The molecule has 1 N–H and O–H groups in total. The Labute approximate surface area is 101 Å². The lowest BCUT2D eigenvalue weighted by Crippen LogP contribution is -2.36. The predicted molar refractivity (Wildman–Crippen MR) is 68.9 cm³/mol. The first kappa shape index (κ1) is 15.9. The van der Waals surface area contributed by atoms with E-state index in [1.165, 1.54) is 6.42 Å². The highest BCUT2D eigenvalue weighted by molar-refractivity contribution is 4.69. The molecule has 0 fully saturated rings. The van der Waals surface area contributed by atoms with Gasteiger partial charge in [0.1, 0.15) is 0 Å². The number of hydrogen-bond acceptors (Lipinski definition) is 3. The Morgan fingerprint density at radius 1 is 0.875 bits per heavy atom. The summed E-state index contributed by atoms with van der Waals surface area (Å²) in [6.45, 7) is 13.0. The van der Waals surface area contributed by atoms with Gasteiger partial charge in [-0.1, -0.05) is 0 Å². The molecule has 0 unspecified atom stereocenters. The summed E-state index contributed by atoms with van der Waals surface area (Å²) in [7, 11) is 0. The minimum atomic E-state index is 0.234. The van der Waals surface area contributed by atoms with Gasteiger partial charge < -0.3 is 14.8 Å². The predicted octanol–water partition coefficient (Wildman–Crippen LogP) is 2.60. The molecule has 0 aromatic carbocycles. The van der Waals surface area contributed by atoms with Crippen LogP contribution in [0.2, 0.25) is 0 Å². The average Bonchev–Trinajstić information content (AvgIpc) is 2.19. The van der Waals surface area contributed by atoms with Crippen LogP contribution in [0.3, 0.4) is 0 Å². The number of hydrogen-bond donors (Lipinski definition) is 1. The van der Waals surface area contributed by atoms with Crippen molar-refractivity contribution in [3.63, 3.8) is 0 Å². The fraction of sp³-hybridized carbons (Fsp3) is 1.00. The van der Waals surface area contributed by atoms with Gasteiger partial charge in [0.25, 0.3) is 0 Å². The normalized spacial score (nSPS) is 12.0. The quantitative estimate of drug-likeness (QED) is 0.586. The molecule has 0 aliphatic carbocycles. The second kappa shape index (κ2) is 10.1. The SMILES string of the molecule is CCOCCCOCCCCNC(C)(C)C. The molecule has 0 spiro atoms. The molecular weight excluding hydrogens is 202 g/mol. The van der Waals surface area contributed by atoms with E-state index < -0.39 is 0 Å². The van der Waals surface area contributed by atoms with Crippen LogP contribution in [0.5, 0.6) is 0 Å². The maximum absolute atomic E-state index is 5.50. The van der Waals surface area contributed by atoms with E-state index in [2.05, 4.69) is 26.1 Å². The lowest BCUT2D eigenvalue weighted by molar-refractivity contribution is 0.0861. The van der Waals surface area contributed by atoms with E-state index in [0.717, 1.165) is 45.8 Å². The van der Waals surface area contributed by atoms with Crippen LogP contribution < -0.4 is 5.32 Å². The van der Waals surface area contributed by atoms with E-state index >= 15 is 0 Å². The van der Waals surface area contributed by atoms with E-state index in [-0.39, 0.29) is 5.54 Å². The molecule has 3 nitrogen and oxygen atoms in total. The molecule has 0 aliphatic rings. The molecule has 0 aromatic heterocycles. The monoisotopic (exact) mass is 231 g/mol. The third-order valence-corrected chi connectivity index (χ3v) is 2.15. The van der Waals surface area contributed by atoms with Gasteiger partial charge in [-0.2, -0.15) is 0 Å². The molecule has 0 aromatic rings. The summed E-state index contributed by atoms with van der Waals surface area (Å²) in [6, 6.07) is 0. The topological polar surface area (TPSA) is 30.5 Å². The maximum Gasteiger partial charge on any atom is 0.0487 e. The fourth-order valence-corrected chi connectivity index (χ4v) is 1.30. The van der Waals surface area contributed by atoms with E-state index in [4.69, 9.17) is 9.47 Å². The van der Waals surface area contributed by atoms with E-state index in [9.17, 15) is 0 Å². The molecule has 0 bridgehead atoms. The summed E-state index contributed by atoms with van der Waals surface area (Å²) in [5.74, 6) is 0. The van der Waals surface area contributed by atoms with Crippen LogP contribution in [0, 0.1) is 0 Å². The Balaban J connectivity index is 2.99. The van der Waals surface area contributed by atoms with Crippen LogP contribution in [0.4, 0.5) is 0 Å². The number of rotatable bonds is 10. The van der Waals surface area contributed by atoms with Crippen molar-refractivity contribution in [3.05, 3.63) is 0 Å². The van der Waals surface area contributed by atoms with Gasteiger partial charge >= 0.3 is 0 Å². The first-order chi connectivity index (χ1) is 7.56. The summed E-state index contributed by atoms with van der Waals surface area (Å²) in [6.07, 6.45) is 3.33. The Morgan fingerprint density at radius 2 is 1.50 bits per heavy atom. The minimum Gasteiger partial charge on any atom is -0.382 e. The van der Waals surface area contributed by atoms with Crippen LogP contribution in [-0.2, 0) is 9.47 Å². The van der Waals surface area contributed by atoms with Gasteiger partial charge in [-0.05, 0) is 53.5 Å². The van der Waals surface area contributed by atoms with Crippen LogP contribution in [0.1, 0.15) is 47.0 Å². The molecule has 0 rings (SSSR count). The molecule has 0 radical (unpaired) electrons. The average molecular weight is 231 g/mol. The molecule has 0 amide bonds. The molecule has 3 heteroatoms. The van der Waals surface area contributed by atoms with Gasteiger partial charge in [0.2, 0.25) is 0 Å². The van der Waals surface area contributed by atoms with Crippen molar-refractivity contribution in [2.75, 3.05) is 33.0 Å². The molecule has 0 saturated heterocycles. The zero-order chi connectivity index (χ0) is 12.3. The van der Waals surface area contributed by atoms with Gasteiger partial charge in [-0.15, -0.1) is 0 Å². The molecule has 16 heavy (non-hydrogen) atoms. The number of unbranched alkanes of at least 4 members (excludes halogenated alkanes) is 1. The first-order valence-corrected chi connectivity index (χ1v) is 6.47. The van der Waals surface area contributed by atoms with Crippen molar-refractivity contribution < 1.29 is 9.47 Å².